The van der Waals surface area contributed by atoms with Crippen molar-refractivity contribution in [2.45, 2.75) is 13.3 Å². The number of nitrogens with zero attached hydrogens (tertiary/aromatic N) is 1. The molecule has 1 aliphatic rings. The summed E-state index contributed by atoms with van der Waals surface area (Å²) in [5.74, 6) is 0.581. The molecule has 0 aliphatic carbocycles. The van der Waals surface area contributed by atoms with Gasteiger partial charge in [0.15, 0.2) is 6.61 Å². The number of methoxy groups -OCH3 is 1. The third kappa shape index (κ3) is 4.51. The fraction of sp³-hybridized carbons (Fsp3) is 0.261. The van der Waals surface area contributed by atoms with Crippen molar-refractivity contribution in [3.05, 3.63) is 53.9 Å². The van der Waals surface area contributed by atoms with Gasteiger partial charge >= 0.3 is 0 Å². The lowest BCUT2D eigenvalue weighted by molar-refractivity contribution is -0.121. The highest BCUT2D eigenvalue weighted by Crippen LogP contribution is 2.34. The molecule has 1 aromatic heterocycles. The lowest BCUT2D eigenvalue weighted by Crippen LogP contribution is -2.32. The predicted octanol–water partition coefficient (Wildman–Crippen LogP) is 2.45. The number of aromatic amines is 1. The Hall–Kier alpha value is -4.01. The van der Waals surface area contributed by atoms with Crippen LogP contribution in [0.5, 0.6) is 17.2 Å². The SMILES string of the molecule is COc1ccc2c(c1)C[C@@H](C(=O)Nc1ccc(-c3cn[nH]c3C)cc1OCC(N)=O)CO2. The van der Waals surface area contributed by atoms with E-state index in [0.717, 1.165) is 28.1 Å². The first kappa shape index (κ1) is 21.2. The first-order valence-corrected chi connectivity index (χ1v) is 10.1. The molecule has 9 nitrogen and oxygen atoms in total. The molecule has 4 rings (SSSR count). The van der Waals surface area contributed by atoms with Crippen molar-refractivity contribution in [2.75, 3.05) is 25.6 Å². The molecular formula is C23H24N4O5. The molecule has 9 heteroatoms. The molecule has 0 fully saturated rings. The third-order valence-corrected chi connectivity index (χ3v) is 5.30. The molecule has 3 aromatic rings. The predicted molar refractivity (Wildman–Crippen MR) is 118 cm³/mol. The van der Waals surface area contributed by atoms with E-state index in [0.29, 0.717) is 23.6 Å². The average Bonchev–Trinajstić information content (AvgIpc) is 3.23. The van der Waals surface area contributed by atoms with Gasteiger partial charge in [-0.25, -0.2) is 0 Å². The number of ether oxygens (including phenoxy) is 3. The summed E-state index contributed by atoms with van der Waals surface area (Å²) in [5, 5.41) is 9.82. The fourth-order valence-electron chi connectivity index (χ4n) is 3.60. The number of primary amides is 1. The van der Waals surface area contributed by atoms with Crippen LogP contribution in [0.3, 0.4) is 0 Å². The zero-order chi connectivity index (χ0) is 22.7. The maximum Gasteiger partial charge on any atom is 0.255 e. The minimum absolute atomic E-state index is 0.213. The van der Waals surface area contributed by atoms with Crippen molar-refractivity contribution in [3.8, 4) is 28.4 Å². The highest BCUT2D eigenvalue weighted by atomic mass is 16.5. The molecule has 4 N–H and O–H groups in total. The quantitative estimate of drug-likeness (QED) is 0.522. The molecule has 0 saturated carbocycles. The maximum atomic E-state index is 13.0. The number of nitrogens with one attached hydrogen (secondary N) is 2. The van der Waals surface area contributed by atoms with E-state index in [2.05, 4.69) is 15.5 Å². The van der Waals surface area contributed by atoms with Crippen LogP contribution in [0.4, 0.5) is 5.69 Å². The molecule has 0 radical (unpaired) electrons. The van der Waals surface area contributed by atoms with Crippen LogP contribution in [-0.4, -0.2) is 42.3 Å². The summed E-state index contributed by atoms with van der Waals surface area (Å²) < 4.78 is 16.6. The van der Waals surface area contributed by atoms with Crippen LogP contribution in [0.1, 0.15) is 11.3 Å². The number of aryl methyl sites for hydroxylation is 1. The third-order valence-electron chi connectivity index (χ3n) is 5.30. The summed E-state index contributed by atoms with van der Waals surface area (Å²) in [7, 11) is 1.60. The van der Waals surface area contributed by atoms with Crippen LogP contribution < -0.4 is 25.3 Å². The highest BCUT2D eigenvalue weighted by molar-refractivity contribution is 5.95. The molecule has 0 unspecified atom stereocenters. The van der Waals surface area contributed by atoms with E-state index >= 15 is 0 Å². The van der Waals surface area contributed by atoms with Crippen LogP contribution in [0, 0.1) is 12.8 Å². The Morgan fingerprint density at radius 2 is 2.12 bits per heavy atom. The molecule has 2 heterocycles. The van der Waals surface area contributed by atoms with Crippen molar-refractivity contribution in [2.24, 2.45) is 11.7 Å². The van der Waals surface area contributed by atoms with E-state index in [9.17, 15) is 9.59 Å². The molecule has 0 bridgehead atoms. The maximum absolute atomic E-state index is 13.0. The van der Waals surface area contributed by atoms with Gasteiger partial charge in [0.05, 0.1) is 24.9 Å². The first-order chi connectivity index (χ1) is 15.4. The molecule has 166 valence electrons. The van der Waals surface area contributed by atoms with Crippen molar-refractivity contribution < 1.29 is 23.8 Å². The largest absolute Gasteiger partial charge is 0.497 e. The van der Waals surface area contributed by atoms with Gasteiger partial charge in [0.25, 0.3) is 5.91 Å². The van der Waals surface area contributed by atoms with Crippen molar-refractivity contribution in [1.82, 2.24) is 10.2 Å². The smallest absolute Gasteiger partial charge is 0.255 e. The monoisotopic (exact) mass is 436 g/mol. The molecule has 1 atom stereocenters. The minimum atomic E-state index is -0.613. The number of carbonyl (C=O) groups is 2. The summed E-state index contributed by atoms with van der Waals surface area (Å²) in [6.45, 7) is 1.85. The second kappa shape index (κ2) is 9.01. The standard InChI is InChI=1S/C23H24N4O5/c1-13-18(10-25-27-13)14-3-5-19(21(9-14)32-12-22(24)28)26-23(29)16-7-15-8-17(30-2)4-6-20(15)31-11-16/h3-6,8-10,16H,7,11-12H2,1-2H3,(H2,24,28)(H,25,27)(H,26,29)/t16-/m1/s1. The van der Waals surface area contributed by atoms with E-state index in [1.807, 2.05) is 31.2 Å². The van der Waals surface area contributed by atoms with Gasteiger partial charge in [0, 0.05) is 11.3 Å². The number of aromatic nitrogens is 2. The highest BCUT2D eigenvalue weighted by Gasteiger charge is 2.27. The zero-order valence-electron chi connectivity index (χ0n) is 17.8. The van der Waals surface area contributed by atoms with Crippen molar-refractivity contribution in [3.63, 3.8) is 0 Å². The van der Waals surface area contributed by atoms with E-state index in [1.54, 1.807) is 25.4 Å². The Bertz CT molecular complexity index is 1160. The normalized spacial score (nSPS) is 14.8. The van der Waals surface area contributed by atoms with Gasteiger partial charge in [-0.1, -0.05) is 6.07 Å². The number of nitrogens with two attached hydrogens (primary N) is 1. The van der Waals surface area contributed by atoms with Crippen molar-refractivity contribution >= 4 is 17.5 Å². The Morgan fingerprint density at radius 1 is 1.28 bits per heavy atom. The Labute approximate surface area is 184 Å². The molecule has 2 amide bonds. The fourth-order valence-corrected chi connectivity index (χ4v) is 3.60. The van der Waals surface area contributed by atoms with Gasteiger partial charge in [0.1, 0.15) is 23.9 Å². The van der Waals surface area contributed by atoms with E-state index < -0.39 is 11.8 Å². The van der Waals surface area contributed by atoms with Crippen LogP contribution in [0.2, 0.25) is 0 Å². The minimum Gasteiger partial charge on any atom is -0.497 e. The van der Waals surface area contributed by atoms with E-state index in [1.165, 1.54) is 0 Å². The second-order valence-electron chi connectivity index (χ2n) is 7.55. The number of carbonyl (C=O) groups excluding carboxylic acids is 2. The lowest BCUT2D eigenvalue weighted by Gasteiger charge is -2.25. The Balaban J connectivity index is 1.55. The number of hydrogen-bond donors (Lipinski definition) is 3. The zero-order valence-corrected chi connectivity index (χ0v) is 17.8. The number of amides is 2. The summed E-state index contributed by atoms with van der Waals surface area (Å²) in [5.41, 5.74) is 9.19. The van der Waals surface area contributed by atoms with Crippen molar-refractivity contribution in [1.29, 1.82) is 0 Å². The topological polar surface area (TPSA) is 129 Å². The van der Waals surface area contributed by atoms with Gasteiger partial charge in [-0.3, -0.25) is 14.7 Å². The summed E-state index contributed by atoms with van der Waals surface area (Å²) in [4.78, 5) is 24.3. The van der Waals surface area contributed by atoms with Gasteiger partial charge in [0.2, 0.25) is 5.91 Å². The van der Waals surface area contributed by atoms with Gasteiger partial charge in [-0.15, -0.1) is 0 Å². The number of benzene rings is 2. The second-order valence-corrected chi connectivity index (χ2v) is 7.55. The van der Waals surface area contributed by atoms with Gasteiger partial charge < -0.3 is 25.3 Å². The molecular weight excluding hydrogens is 412 g/mol. The van der Waals surface area contributed by atoms with Crippen LogP contribution >= 0.6 is 0 Å². The van der Waals surface area contributed by atoms with Gasteiger partial charge in [-0.2, -0.15) is 5.10 Å². The van der Waals surface area contributed by atoms with Crippen LogP contribution in [0.25, 0.3) is 11.1 Å². The number of anilines is 1. The molecule has 0 spiro atoms. The summed E-state index contributed by atoms with van der Waals surface area (Å²) in [6.07, 6.45) is 2.22. The van der Waals surface area contributed by atoms with E-state index in [4.69, 9.17) is 19.9 Å². The Kier molecular flexibility index (Phi) is 5.98. The summed E-state index contributed by atoms with van der Waals surface area (Å²) >= 11 is 0. The Morgan fingerprint density at radius 3 is 2.84 bits per heavy atom. The van der Waals surface area contributed by atoms with E-state index in [-0.39, 0.29) is 19.1 Å². The first-order valence-electron chi connectivity index (χ1n) is 10.1. The number of rotatable bonds is 7. The molecule has 0 saturated heterocycles. The van der Waals surface area contributed by atoms with Crippen LogP contribution in [0.15, 0.2) is 42.6 Å². The average molecular weight is 436 g/mol. The van der Waals surface area contributed by atoms with Gasteiger partial charge in [-0.05, 0) is 54.8 Å². The number of H-pyrrole nitrogens is 1. The molecule has 32 heavy (non-hydrogen) atoms. The summed E-state index contributed by atoms with van der Waals surface area (Å²) in [6, 6.07) is 10.9. The lowest BCUT2D eigenvalue weighted by atomic mass is 9.95. The molecule has 1 aliphatic heterocycles. The number of hydrogen-bond acceptors (Lipinski definition) is 6. The number of fused-ring (bicyclic) bond motifs is 1. The van der Waals surface area contributed by atoms with Crippen LogP contribution in [-0.2, 0) is 16.0 Å². The molecule has 2 aromatic carbocycles.